The Kier molecular flexibility index (Phi) is 10.4. The number of carbonyl (C=O) groups is 2. The largest absolute Gasteiger partial charge is 0.483 e. The van der Waals surface area contributed by atoms with Crippen LogP contribution in [0.5, 0.6) is 5.75 Å². The molecule has 0 bridgehead atoms. The van der Waals surface area contributed by atoms with E-state index in [2.05, 4.69) is 35.1 Å². The fourth-order valence-electron chi connectivity index (χ4n) is 3.53. The van der Waals surface area contributed by atoms with Crippen molar-refractivity contribution in [3.05, 3.63) is 63.6 Å². The predicted octanol–water partition coefficient (Wildman–Crippen LogP) is 5.84. The van der Waals surface area contributed by atoms with E-state index in [1.807, 2.05) is 70.2 Å². The van der Waals surface area contributed by atoms with Crippen molar-refractivity contribution in [3.63, 3.8) is 0 Å². The first kappa shape index (κ1) is 26.9. The molecule has 180 valence electrons. The molecule has 0 unspecified atom stereocenters. The number of halogens is 1. The molecular formula is C27H37BrN2O3. The molecule has 0 fully saturated rings. The smallest absolute Gasteiger partial charge is 0.261 e. The summed E-state index contributed by atoms with van der Waals surface area (Å²) in [6.45, 7) is 13.1. The molecule has 0 radical (unpaired) electrons. The molecule has 0 spiro atoms. The molecule has 2 amide bonds. The fourth-order valence-corrected chi connectivity index (χ4v) is 4.04. The predicted molar refractivity (Wildman–Crippen MR) is 137 cm³/mol. The van der Waals surface area contributed by atoms with Gasteiger partial charge in [0.25, 0.3) is 5.91 Å². The van der Waals surface area contributed by atoms with Gasteiger partial charge in [0.2, 0.25) is 5.91 Å². The van der Waals surface area contributed by atoms with E-state index in [1.165, 1.54) is 5.56 Å². The second-order valence-corrected chi connectivity index (χ2v) is 10.00. The van der Waals surface area contributed by atoms with E-state index in [0.29, 0.717) is 37.1 Å². The molecule has 0 aromatic heterocycles. The van der Waals surface area contributed by atoms with Crippen LogP contribution in [0.25, 0.3) is 0 Å². The highest BCUT2D eigenvalue weighted by atomic mass is 79.9. The molecule has 1 N–H and O–H groups in total. The Hall–Kier alpha value is -2.34. The summed E-state index contributed by atoms with van der Waals surface area (Å²) in [5.41, 5.74) is 3.29. The Morgan fingerprint density at radius 1 is 1.09 bits per heavy atom. The monoisotopic (exact) mass is 516 g/mol. The molecule has 0 aliphatic rings. The third-order valence-electron chi connectivity index (χ3n) is 5.65. The lowest BCUT2D eigenvalue weighted by atomic mass is 10.0. The van der Waals surface area contributed by atoms with Crippen LogP contribution in [0, 0.1) is 12.8 Å². The highest BCUT2D eigenvalue weighted by molar-refractivity contribution is 9.10. The summed E-state index contributed by atoms with van der Waals surface area (Å²) >= 11 is 3.55. The number of hydrogen-bond donors (Lipinski definition) is 1. The maximum absolute atomic E-state index is 13.4. The van der Waals surface area contributed by atoms with E-state index in [4.69, 9.17) is 4.74 Å². The lowest BCUT2D eigenvalue weighted by Crippen LogP contribution is -2.50. The van der Waals surface area contributed by atoms with Crippen LogP contribution >= 0.6 is 15.9 Å². The van der Waals surface area contributed by atoms with Crippen molar-refractivity contribution in [1.82, 2.24) is 10.2 Å². The Labute approximate surface area is 207 Å². The SMILES string of the molecule is CC[C@@H](C(=O)NCC(C)C)N(Cc1ccccc1C)C(=O)COc1ccc(C(C)C)cc1Br. The zero-order valence-electron chi connectivity index (χ0n) is 20.7. The first-order valence-corrected chi connectivity index (χ1v) is 12.5. The minimum atomic E-state index is -0.564. The molecule has 0 aliphatic heterocycles. The van der Waals surface area contributed by atoms with Gasteiger partial charge in [-0.25, -0.2) is 0 Å². The van der Waals surface area contributed by atoms with E-state index >= 15 is 0 Å². The van der Waals surface area contributed by atoms with Crippen LogP contribution in [-0.4, -0.2) is 35.9 Å². The molecule has 0 saturated carbocycles. The van der Waals surface area contributed by atoms with Gasteiger partial charge in [0.1, 0.15) is 11.8 Å². The van der Waals surface area contributed by atoms with Crippen molar-refractivity contribution in [3.8, 4) is 5.75 Å². The molecule has 0 aliphatic carbocycles. The van der Waals surface area contributed by atoms with Crippen LogP contribution in [0.4, 0.5) is 0 Å². The summed E-state index contributed by atoms with van der Waals surface area (Å²) < 4.78 is 6.70. The molecule has 5 nitrogen and oxygen atoms in total. The summed E-state index contributed by atoms with van der Waals surface area (Å²) in [4.78, 5) is 28.0. The van der Waals surface area contributed by atoms with Gasteiger partial charge in [0.15, 0.2) is 6.61 Å². The normalized spacial score (nSPS) is 12.0. The number of aryl methyl sites for hydroxylation is 1. The van der Waals surface area contributed by atoms with E-state index in [1.54, 1.807) is 4.90 Å². The maximum atomic E-state index is 13.4. The van der Waals surface area contributed by atoms with Gasteiger partial charge in [-0.05, 0) is 69.9 Å². The van der Waals surface area contributed by atoms with E-state index in [0.717, 1.165) is 15.6 Å². The van der Waals surface area contributed by atoms with Crippen LogP contribution in [-0.2, 0) is 16.1 Å². The van der Waals surface area contributed by atoms with Crippen LogP contribution in [0.2, 0.25) is 0 Å². The lowest BCUT2D eigenvalue weighted by molar-refractivity contribution is -0.143. The topological polar surface area (TPSA) is 58.6 Å². The van der Waals surface area contributed by atoms with E-state index in [-0.39, 0.29) is 18.4 Å². The number of amides is 2. The summed E-state index contributed by atoms with van der Waals surface area (Å²) in [5, 5.41) is 2.99. The van der Waals surface area contributed by atoms with Crippen LogP contribution in [0.1, 0.15) is 63.6 Å². The number of benzene rings is 2. The summed E-state index contributed by atoms with van der Waals surface area (Å²) in [6.07, 6.45) is 0.522. The lowest BCUT2D eigenvalue weighted by Gasteiger charge is -2.31. The molecule has 2 aromatic rings. The van der Waals surface area contributed by atoms with Crippen molar-refractivity contribution in [2.24, 2.45) is 5.92 Å². The van der Waals surface area contributed by atoms with E-state index in [9.17, 15) is 9.59 Å². The Morgan fingerprint density at radius 2 is 1.79 bits per heavy atom. The molecule has 0 heterocycles. The van der Waals surface area contributed by atoms with Gasteiger partial charge >= 0.3 is 0 Å². The van der Waals surface area contributed by atoms with Crippen LogP contribution in [0.15, 0.2) is 46.9 Å². The average molecular weight is 518 g/mol. The van der Waals surface area contributed by atoms with Crippen molar-refractivity contribution in [2.45, 2.75) is 66.5 Å². The number of rotatable bonds is 11. The van der Waals surface area contributed by atoms with Crippen LogP contribution in [0.3, 0.4) is 0 Å². The third-order valence-corrected chi connectivity index (χ3v) is 6.27. The fraction of sp³-hybridized carbons (Fsp3) is 0.481. The standard InChI is InChI=1S/C27H37BrN2O3/c1-7-24(27(32)29-15-18(2)3)30(16-22-11-9-8-10-20(22)6)26(31)17-33-25-13-12-21(19(4)5)14-23(25)28/h8-14,18-19,24H,7,15-17H2,1-6H3,(H,29,32)/t24-/m0/s1. The van der Waals surface area contributed by atoms with Crippen molar-refractivity contribution >= 4 is 27.7 Å². The van der Waals surface area contributed by atoms with Gasteiger partial charge in [-0.2, -0.15) is 0 Å². The number of ether oxygens (including phenoxy) is 1. The zero-order chi connectivity index (χ0) is 24.5. The van der Waals surface area contributed by atoms with Gasteiger partial charge in [0.05, 0.1) is 4.47 Å². The summed E-state index contributed by atoms with van der Waals surface area (Å²) in [5.74, 6) is 0.999. The first-order valence-electron chi connectivity index (χ1n) is 11.7. The van der Waals surface area contributed by atoms with Crippen molar-refractivity contribution in [1.29, 1.82) is 0 Å². The van der Waals surface area contributed by atoms with Crippen molar-refractivity contribution in [2.75, 3.05) is 13.2 Å². The van der Waals surface area contributed by atoms with Gasteiger partial charge in [-0.3, -0.25) is 9.59 Å². The average Bonchev–Trinajstić information content (AvgIpc) is 2.77. The quantitative estimate of drug-likeness (QED) is 0.408. The van der Waals surface area contributed by atoms with Crippen molar-refractivity contribution < 1.29 is 14.3 Å². The minimum absolute atomic E-state index is 0.129. The molecule has 0 saturated heterocycles. The number of nitrogens with zero attached hydrogens (tertiary/aromatic N) is 1. The first-order chi connectivity index (χ1) is 15.6. The van der Waals surface area contributed by atoms with Gasteiger partial charge in [0, 0.05) is 13.1 Å². The minimum Gasteiger partial charge on any atom is -0.483 e. The maximum Gasteiger partial charge on any atom is 0.261 e. The molecule has 33 heavy (non-hydrogen) atoms. The highest BCUT2D eigenvalue weighted by Crippen LogP contribution is 2.29. The molecule has 2 aromatic carbocycles. The van der Waals surface area contributed by atoms with Gasteiger partial charge < -0.3 is 15.0 Å². The molecule has 6 heteroatoms. The Bertz CT molecular complexity index is 943. The molecule has 1 atom stereocenters. The highest BCUT2D eigenvalue weighted by Gasteiger charge is 2.29. The molecular weight excluding hydrogens is 480 g/mol. The number of carbonyl (C=O) groups excluding carboxylic acids is 2. The Balaban J connectivity index is 2.23. The number of nitrogens with one attached hydrogen (secondary N) is 1. The third kappa shape index (κ3) is 7.88. The zero-order valence-corrected chi connectivity index (χ0v) is 22.2. The second-order valence-electron chi connectivity index (χ2n) is 9.14. The van der Waals surface area contributed by atoms with E-state index < -0.39 is 6.04 Å². The van der Waals surface area contributed by atoms with Gasteiger partial charge in [-0.15, -0.1) is 0 Å². The molecule has 2 rings (SSSR count). The second kappa shape index (κ2) is 12.8. The van der Waals surface area contributed by atoms with Gasteiger partial charge in [-0.1, -0.05) is 65.0 Å². The summed E-state index contributed by atoms with van der Waals surface area (Å²) in [7, 11) is 0. The number of hydrogen-bond acceptors (Lipinski definition) is 3. The summed E-state index contributed by atoms with van der Waals surface area (Å²) in [6, 6.07) is 13.3. The van der Waals surface area contributed by atoms with Crippen LogP contribution < -0.4 is 10.1 Å². The Morgan fingerprint density at radius 3 is 2.36 bits per heavy atom.